The van der Waals surface area contributed by atoms with Crippen molar-refractivity contribution >= 4 is 17.4 Å². The molecule has 1 fully saturated rings. The number of anilines is 1. The molecule has 0 bridgehead atoms. The van der Waals surface area contributed by atoms with Crippen LogP contribution in [0.1, 0.15) is 54.6 Å². The summed E-state index contributed by atoms with van der Waals surface area (Å²) in [6, 6.07) is 13.0. The molecule has 2 aliphatic carbocycles. The lowest BCUT2D eigenvalue weighted by Gasteiger charge is -2.25. The normalized spacial score (nSPS) is 16.7. The average Bonchev–Trinajstić information content (AvgIpc) is 2.81. The minimum atomic E-state index is -0.767. The summed E-state index contributed by atoms with van der Waals surface area (Å²) < 4.78 is 0. The van der Waals surface area contributed by atoms with Crippen molar-refractivity contribution in [2.45, 2.75) is 64.0 Å². The van der Waals surface area contributed by atoms with Crippen LogP contribution in [0, 0.1) is 5.92 Å². The van der Waals surface area contributed by atoms with Crippen LogP contribution in [0.25, 0.3) is 11.3 Å². The highest BCUT2D eigenvalue weighted by atomic mass is 35.5. The number of aryl methyl sites for hydroxylation is 2. The van der Waals surface area contributed by atoms with Crippen LogP contribution in [0.4, 0.5) is 5.82 Å². The van der Waals surface area contributed by atoms with Gasteiger partial charge in [0, 0.05) is 17.0 Å². The number of rotatable bonds is 6. The summed E-state index contributed by atoms with van der Waals surface area (Å²) in [7, 11) is 0. The first-order valence-electron chi connectivity index (χ1n) is 12.0. The van der Waals surface area contributed by atoms with E-state index in [2.05, 4.69) is 5.32 Å². The van der Waals surface area contributed by atoms with Crippen molar-refractivity contribution in [2.24, 2.45) is 5.92 Å². The standard InChI is InChI=1S/C27H30ClN3O2/c28-20-9-6-18(7-10-20)15-25(33)31-27-24(14-17-4-2-1-3-5-17)29-26-22-12-11-21(32)16-19(22)8-13-23(26)30-27/h6-7,9-12,16-17,25,32-33H,1-5,8,13-15H2,(H,30,31). The number of halogens is 1. The van der Waals surface area contributed by atoms with Gasteiger partial charge in [-0.1, -0.05) is 55.8 Å². The number of hydrogen-bond donors (Lipinski definition) is 3. The number of phenolic OH excluding ortho intramolecular Hbond substituents is 1. The molecule has 0 aliphatic heterocycles. The van der Waals surface area contributed by atoms with Crippen LogP contribution in [0.5, 0.6) is 5.75 Å². The van der Waals surface area contributed by atoms with Gasteiger partial charge in [-0.15, -0.1) is 0 Å². The minimum Gasteiger partial charge on any atom is -0.508 e. The largest absolute Gasteiger partial charge is 0.508 e. The monoisotopic (exact) mass is 463 g/mol. The fraction of sp³-hybridized carbons (Fsp3) is 0.407. The SMILES string of the molecule is Oc1ccc2c(c1)CCc1nc(NC(O)Cc3ccc(Cl)cc3)c(CC3CCCCC3)nc1-2. The number of aliphatic hydroxyl groups excluding tert-OH is 1. The van der Waals surface area contributed by atoms with Crippen LogP contribution in [-0.4, -0.2) is 26.4 Å². The van der Waals surface area contributed by atoms with Gasteiger partial charge >= 0.3 is 0 Å². The van der Waals surface area contributed by atoms with Crippen molar-refractivity contribution in [2.75, 3.05) is 5.32 Å². The first-order valence-corrected chi connectivity index (χ1v) is 12.3. The molecule has 1 aromatic heterocycles. The molecule has 3 N–H and O–H groups in total. The van der Waals surface area contributed by atoms with E-state index < -0.39 is 6.23 Å². The van der Waals surface area contributed by atoms with Crippen LogP contribution in [0.15, 0.2) is 42.5 Å². The van der Waals surface area contributed by atoms with Crippen LogP contribution in [0.2, 0.25) is 5.02 Å². The van der Waals surface area contributed by atoms with E-state index in [9.17, 15) is 10.2 Å². The summed E-state index contributed by atoms with van der Waals surface area (Å²) in [5.41, 5.74) is 5.97. The Morgan fingerprint density at radius 3 is 2.58 bits per heavy atom. The molecule has 33 heavy (non-hydrogen) atoms. The molecule has 5 nitrogen and oxygen atoms in total. The van der Waals surface area contributed by atoms with Gasteiger partial charge in [-0.2, -0.15) is 0 Å². The number of nitrogens with one attached hydrogen (secondary N) is 1. The van der Waals surface area contributed by atoms with Gasteiger partial charge in [0.15, 0.2) is 0 Å². The Morgan fingerprint density at radius 2 is 1.79 bits per heavy atom. The average molecular weight is 464 g/mol. The van der Waals surface area contributed by atoms with Crippen molar-refractivity contribution in [3.05, 3.63) is 70.0 Å². The van der Waals surface area contributed by atoms with Gasteiger partial charge in [-0.3, -0.25) is 0 Å². The molecule has 172 valence electrons. The van der Waals surface area contributed by atoms with Gasteiger partial charge in [-0.05, 0) is 66.6 Å². The van der Waals surface area contributed by atoms with Crippen LogP contribution in [-0.2, 0) is 25.7 Å². The summed E-state index contributed by atoms with van der Waals surface area (Å²) in [5, 5.41) is 24.7. The van der Waals surface area contributed by atoms with E-state index in [1.54, 1.807) is 6.07 Å². The van der Waals surface area contributed by atoms with Crippen molar-refractivity contribution in [1.29, 1.82) is 0 Å². The molecule has 0 spiro atoms. The lowest BCUT2D eigenvalue weighted by atomic mass is 9.85. The van der Waals surface area contributed by atoms with E-state index in [1.807, 2.05) is 36.4 Å². The maximum Gasteiger partial charge on any atom is 0.150 e. The molecule has 0 amide bonds. The quantitative estimate of drug-likeness (QED) is 0.409. The first-order chi connectivity index (χ1) is 16.0. The third-order valence-corrected chi connectivity index (χ3v) is 7.12. The molecule has 2 aliphatic rings. The topological polar surface area (TPSA) is 78.3 Å². The van der Waals surface area contributed by atoms with Crippen LogP contribution in [0.3, 0.4) is 0 Å². The molecular weight excluding hydrogens is 434 g/mol. The molecular formula is C27H30ClN3O2. The number of phenols is 1. The maximum absolute atomic E-state index is 10.8. The Labute approximate surface area is 199 Å². The summed E-state index contributed by atoms with van der Waals surface area (Å²) in [5.74, 6) is 1.59. The fourth-order valence-electron chi connectivity index (χ4n) is 5.14. The number of aromatic hydroxyl groups is 1. The smallest absolute Gasteiger partial charge is 0.150 e. The van der Waals surface area contributed by atoms with Gasteiger partial charge in [0.2, 0.25) is 0 Å². The Bertz CT molecular complexity index is 1130. The Kier molecular flexibility index (Phi) is 6.52. The van der Waals surface area contributed by atoms with Crippen molar-refractivity contribution in [3.63, 3.8) is 0 Å². The third kappa shape index (κ3) is 5.15. The first kappa shape index (κ1) is 22.2. The van der Waals surface area contributed by atoms with Gasteiger partial charge in [0.05, 0.1) is 17.1 Å². The molecule has 2 aromatic carbocycles. The van der Waals surface area contributed by atoms with E-state index in [0.29, 0.717) is 23.2 Å². The maximum atomic E-state index is 10.8. The Hall–Kier alpha value is -2.63. The second-order valence-corrected chi connectivity index (χ2v) is 9.79. The minimum absolute atomic E-state index is 0.288. The summed E-state index contributed by atoms with van der Waals surface area (Å²) >= 11 is 5.99. The predicted octanol–water partition coefficient (Wildman–Crippen LogP) is 5.70. The molecule has 1 unspecified atom stereocenters. The number of hydrogen-bond acceptors (Lipinski definition) is 5. The van der Waals surface area contributed by atoms with E-state index in [0.717, 1.165) is 53.0 Å². The van der Waals surface area contributed by atoms with Gasteiger partial charge in [-0.25, -0.2) is 9.97 Å². The second kappa shape index (κ2) is 9.70. The number of fused-ring (bicyclic) bond motifs is 3. The van der Waals surface area contributed by atoms with Crippen molar-refractivity contribution in [3.8, 4) is 17.0 Å². The number of nitrogens with zero attached hydrogens (tertiary/aromatic N) is 2. The molecule has 6 heteroatoms. The molecule has 1 heterocycles. The molecule has 0 radical (unpaired) electrons. The molecule has 3 aromatic rings. The zero-order valence-corrected chi connectivity index (χ0v) is 19.5. The number of benzene rings is 2. The Morgan fingerprint density at radius 1 is 1.00 bits per heavy atom. The second-order valence-electron chi connectivity index (χ2n) is 9.35. The lowest BCUT2D eigenvalue weighted by molar-refractivity contribution is 0.203. The summed E-state index contributed by atoms with van der Waals surface area (Å²) in [6.45, 7) is 0. The number of aliphatic hydroxyl groups is 1. The van der Waals surface area contributed by atoms with Gasteiger partial charge < -0.3 is 15.5 Å². The van der Waals surface area contributed by atoms with Gasteiger partial charge in [0.25, 0.3) is 0 Å². The summed E-state index contributed by atoms with van der Waals surface area (Å²) in [4.78, 5) is 10.1. The van der Waals surface area contributed by atoms with E-state index in [-0.39, 0.29) is 5.75 Å². The Balaban J connectivity index is 1.45. The van der Waals surface area contributed by atoms with Crippen molar-refractivity contribution in [1.82, 2.24) is 9.97 Å². The van der Waals surface area contributed by atoms with Gasteiger partial charge in [0.1, 0.15) is 17.8 Å². The fourth-order valence-corrected chi connectivity index (χ4v) is 5.27. The third-order valence-electron chi connectivity index (χ3n) is 6.87. The molecule has 1 atom stereocenters. The highest BCUT2D eigenvalue weighted by Gasteiger charge is 2.25. The molecule has 0 saturated heterocycles. The van der Waals surface area contributed by atoms with E-state index in [1.165, 1.54) is 32.1 Å². The van der Waals surface area contributed by atoms with Crippen LogP contribution < -0.4 is 5.32 Å². The zero-order valence-electron chi connectivity index (χ0n) is 18.7. The molecule has 5 rings (SSSR count). The lowest BCUT2D eigenvalue weighted by Crippen LogP contribution is -2.25. The van der Waals surface area contributed by atoms with Crippen molar-refractivity contribution < 1.29 is 10.2 Å². The molecule has 1 saturated carbocycles. The highest BCUT2D eigenvalue weighted by molar-refractivity contribution is 6.30. The highest BCUT2D eigenvalue weighted by Crippen LogP contribution is 2.36. The van der Waals surface area contributed by atoms with E-state index >= 15 is 0 Å². The zero-order chi connectivity index (χ0) is 22.8. The summed E-state index contributed by atoms with van der Waals surface area (Å²) in [6.07, 6.45) is 8.44. The van der Waals surface area contributed by atoms with E-state index in [4.69, 9.17) is 21.6 Å². The predicted molar refractivity (Wildman–Crippen MR) is 132 cm³/mol. The van der Waals surface area contributed by atoms with Crippen LogP contribution >= 0.6 is 11.6 Å². The number of aromatic nitrogens is 2.